The minimum atomic E-state index is -0.631. The van der Waals surface area contributed by atoms with E-state index in [-0.39, 0.29) is 11.4 Å². The van der Waals surface area contributed by atoms with Crippen molar-refractivity contribution in [2.75, 3.05) is 0 Å². The number of benzene rings is 1. The van der Waals surface area contributed by atoms with E-state index in [0.29, 0.717) is 0 Å². The zero-order valence-electron chi connectivity index (χ0n) is 11.1. The molecule has 94 valence electrons. The molecule has 1 aromatic rings. The average Bonchev–Trinajstić information content (AvgIpc) is 2.18. The molecule has 0 bridgehead atoms. The fourth-order valence-corrected chi connectivity index (χ4v) is 1.70. The highest BCUT2D eigenvalue weighted by molar-refractivity contribution is 6.30. The largest absolute Gasteiger partial charge is 0.350 e. The highest BCUT2D eigenvalue weighted by Crippen LogP contribution is 2.23. The van der Waals surface area contributed by atoms with Crippen LogP contribution < -0.4 is 5.32 Å². The van der Waals surface area contributed by atoms with Gasteiger partial charge in [-0.2, -0.15) is 0 Å². The summed E-state index contributed by atoms with van der Waals surface area (Å²) >= 11 is 6.18. The molecule has 0 saturated heterocycles. The summed E-state index contributed by atoms with van der Waals surface area (Å²) in [6.07, 6.45) is 0. The molecule has 0 saturated carbocycles. The van der Waals surface area contributed by atoms with Gasteiger partial charge in [-0.25, -0.2) is 0 Å². The highest BCUT2D eigenvalue weighted by atomic mass is 35.5. The van der Waals surface area contributed by atoms with Crippen molar-refractivity contribution in [2.45, 2.75) is 45.5 Å². The lowest BCUT2D eigenvalue weighted by Crippen LogP contribution is -2.42. The van der Waals surface area contributed by atoms with Gasteiger partial charge in [0.2, 0.25) is 5.91 Å². The second-order valence-corrected chi connectivity index (χ2v) is 5.88. The number of amides is 1. The normalized spacial score (nSPS) is 13.3. The first kappa shape index (κ1) is 14.0. The van der Waals surface area contributed by atoms with Gasteiger partial charge in [0.1, 0.15) is 5.38 Å². The number of aryl methyl sites for hydroxylation is 2. The van der Waals surface area contributed by atoms with Crippen molar-refractivity contribution in [2.24, 2.45) is 0 Å². The standard InChI is InChI=1S/C14H20ClNO/c1-9-6-7-11(8-10(9)2)12(15)13(17)16-14(3,4)5/h6-8,12H,1-5H3,(H,16,17). The number of rotatable bonds is 2. The molecule has 1 rings (SSSR count). The summed E-state index contributed by atoms with van der Waals surface area (Å²) in [4.78, 5) is 11.9. The Kier molecular flexibility index (Phi) is 4.21. The fourth-order valence-electron chi connectivity index (χ4n) is 1.51. The molecule has 0 aromatic heterocycles. The summed E-state index contributed by atoms with van der Waals surface area (Å²) in [5.41, 5.74) is 2.94. The Bertz CT molecular complexity index is 421. The molecule has 1 unspecified atom stereocenters. The van der Waals surface area contributed by atoms with Crippen LogP contribution in [0.25, 0.3) is 0 Å². The Labute approximate surface area is 108 Å². The van der Waals surface area contributed by atoms with Gasteiger partial charge in [0, 0.05) is 5.54 Å². The van der Waals surface area contributed by atoms with Gasteiger partial charge < -0.3 is 5.32 Å². The van der Waals surface area contributed by atoms with Crippen LogP contribution in [0.15, 0.2) is 18.2 Å². The third-order valence-electron chi connectivity index (χ3n) is 2.55. The number of carbonyl (C=O) groups is 1. The number of nitrogens with one attached hydrogen (secondary N) is 1. The Balaban J connectivity index is 2.85. The van der Waals surface area contributed by atoms with Gasteiger partial charge in [-0.3, -0.25) is 4.79 Å². The smallest absolute Gasteiger partial charge is 0.242 e. The van der Waals surface area contributed by atoms with E-state index in [1.54, 1.807) is 0 Å². The van der Waals surface area contributed by atoms with Crippen molar-refractivity contribution < 1.29 is 4.79 Å². The molecule has 1 N–H and O–H groups in total. The summed E-state index contributed by atoms with van der Waals surface area (Å²) in [6.45, 7) is 9.88. The van der Waals surface area contributed by atoms with Gasteiger partial charge in [-0.15, -0.1) is 11.6 Å². The number of hydrogen-bond acceptors (Lipinski definition) is 1. The lowest BCUT2D eigenvalue weighted by molar-refractivity contribution is -0.122. The third kappa shape index (κ3) is 4.04. The second kappa shape index (κ2) is 5.09. The zero-order chi connectivity index (χ0) is 13.2. The molecule has 1 amide bonds. The van der Waals surface area contributed by atoms with Gasteiger partial charge in [0.25, 0.3) is 0 Å². The Hall–Kier alpha value is -1.02. The van der Waals surface area contributed by atoms with Crippen LogP contribution in [0.3, 0.4) is 0 Å². The van der Waals surface area contributed by atoms with Gasteiger partial charge in [0.05, 0.1) is 0 Å². The van der Waals surface area contributed by atoms with Crippen molar-refractivity contribution in [3.05, 3.63) is 34.9 Å². The number of hydrogen-bond donors (Lipinski definition) is 1. The molecule has 0 aliphatic rings. The maximum absolute atomic E-state index is 11.9. The summed E-state index contributed by atoms with van der Waals surface area (Å²) in [5, 5.41) is 2.25. The fraction of sp³-hybridized carbons (Fsp3) is 0.500. The topological polar surface area (TPSA) is 29.1 Å². The van der Waals surface area contributed by atoms with E-state index in [0.717, 1.165) is 11.1 Å². The van der Waals surface area contributed by atoms with Crippen molar-refractivity contribution in [1.82, 2.24) is 5.32 Å². The summed E-state index contributed by atoms with van der Waals surface area (Å²) in [7, 11) is 0. The molecule has 0 aliphatic heterocycles. The first-order valence-electron chi connectivity index (χ1n) is 5.74. The van der Waals surface area contributed by atoms with Crippen LogP contribution in [0.4, 0.5) is 0 Å². The van der Waals surface area contributed by atoms with Crippen LogP contribution in [-0.2, 0) is 4.79 Å². The van der Waals surface area contributed by atoms with Crippen molar-refractivity contribution in [3.63, 3.8) is 0 Å². The highest BCUT2D eigenvalue weighted by Gasteiger charge is 2.22. The van der Waals surface area contributed by atoms with Gasteiger partial charge in [-0.05, 0) is 51.3 Å². The Morgan fingerprint density at radius 2 is 1.82 bits per heavy atom. The van der Waals surface area contributed by atoms with Crippen LogP contribution in [0.5, 0.6) is 0 Å². The molecule has 0 aliphatic carbocycles. The minimum absolute atomic E-state index is 0.151. The van der Waals surface area contributed by atoms with Crippen LogP contribution in [-0.4, -0.2) is 11.4 Å². The molecular formula is C14H20ClNO. The molecule has 0 spiro atoms. The quantitative estimate of drug-likeness (QED) is 0.803. The molecule has 0 fully saturated rings. The number of carbonyl (C=O) groups excluding carboxylic acids is 1. The van der Waals surface area contributed by atoms with Crippen molar-refractivity contribution in [3.8, 4) is 0 Å². The van der Waals surface area contributed by atoms with E-state index in [4.69, 9.17) is 11.6 Å². The van der Waals surface area contributed by atoms with E-state index in [9.17, 15) is 4.79 Å². The lowest BCUT2D eigenvalue weighted by Gasteiger charge is -2.22. The SMILES string of the molecule is Cc1ccc(C(Cl)C(=O)NC(C)(C)C)cc1C. The monoisotopic (exact) mass is 253 g/mol. The molecule has 0 heterocycles. The van der Waals surface area contributed by atoms with Crippen LogP contribution in [0.1, 0.15) is 42.8 Å². The van der Waals surface area contributed by atoms with Crippen LogP contribution in [0, 0.1) is 13.8 Å². The number of halogens is 1. The summed E-state index contributed by atoms with van der Waals surface area (Å²) in [6, 6.07) is 5.86. The van der Waals surface area contributed by atoms with E-state index < -0.39 is 5.38 Å². The van der Waals surface area contributed by atoms with Gasteiger partial charge in [-0.1, -0.05) is 18.2 Å². The molecule has 3 heteroatoms. The maximum atomic E-state index is 11.9. The predicted molar refractivity (Wildman–Crippen MR) is 72.4 cm³/mol. The molecule has 0 radical (unpaired) electrons. The maximum Gasteiger partial charge on any atom is 0.242 e. The van der Waals surface area contributed by atoms with Gasteiger partial charge in [0.15, 0.2) is 0 Å². The Morgan fingerprint density at radius 3 is 2.29 bits per heavy atom. The van der Waals surface area contributed by atoms with Gasteiger partial charge >= 0.3 is 0 Å². The van der Waals surface area contributed by atoms with E-state index in [1.807, 2.05) is 52.8 Å². The predicted octanol–water partition coefficient (Wildman–Crippen LogP) is 3.50. The summed E-state index contributed by atoms with van der Waals surface area (Å²) in [5.74, 6) is -0.151. The Morgan fingerprint density at radius 1 is 1.24 bits per heavy atom. The molecule has 1 atom stereocenters. The number of alkyl halides is 1. The van der Waals surface area contributed by atoms with Crippen molar-refractivity contribution in [1.29, 1.82) is 0 Å². The first-order valence-corrected chi connectivity index (χ1v) is 6.17. The molecular weight excluding hydrogens is 234 g/mol. The van der Waals surface area contributed by atoms with Crippen LogP contribution in [0.2, 0.25) is 0 Å². The first-order chi connectivity index (χ1) is 7.70. The molecule has 1 aromatic carbocycles. The van der Waals surface area contributed by atoms with E-state index in [1.165, 1.54) is 5.56 Å². The average molecular weight is 254 g/mol. The molecule has 17 heavy (non-hydrogen) atoms. The minimum Gasteiger partial charge on any atom is -0.350 e. The molecule has 2 nitrogen and oxygen atoms in total. The second-order valence-electron chi connectivity index (χ2n) is 5.45. The summed E-state index contributed by atoms with van der Waals surface area (Å²) < 4.78 is 0. The lowest BCUT2D eigenvalue weighted by atomic mass is 10.0. The van der Waals surface area contributed by atoms with E-state index >= 15 is 0 Å². The third-order valence-corrected chi connectivity index (χ3v) is 3.00. The zero-order valence-corrected chi connectivity index (χ0v) is 11.9. The van der Waals surface area contributed by atoms with Crippen LogP contribution >= 0.6 is 11.6 Å². The van der Waals surface area contributed by atoms with Crippen molar-refractivity contribution >= 4 is 17.5 Å². The van der Waals surface area contributed by atoms with E-state index in [2.05, 4.69) is 5.32 Å².